The van der Waals surface area contributed by atoms with Crippen LogP contribution in [-0.2, 0) is 13.2 Å². The number of benzene rings is 1. The van der Waals surface area contributed by atoms with Gasteiger partial charge in [-0.25, -0.2) is 0 Å². The van der Waals surface area contributed by atoms with Gasteiger partial charge in [0.15, 0.2) is 16.6 Å². The Morgan fingerprint density at radius 1 is 1.40 bits per heavy atom. The van der Waals surface area contributed by atoms with Gasteiger partial charge in [0.1, 0.15) is 12.3 Å². The molecule has 2 rings (SSSR count). The summed E-state index contributed by atoms with van der Waals surface area (Å²) in [5.41, 5.74) is 10.2. The van der Waals surface area contributed by atoms with Gasteiger partial charge in [0.2, 0.25) is 0 Å². The van der Waals surface area contributed by atoms with Crippen LogP contribution in [-0.4, -0.2) is 32.9 Å². The van der Waals surface area contributed by atoms with Crippen LogP contribution in [0, 0.1) is 6.92 Å². The van der Waals surface area contributed by atoms with Gasteiger partial charge in [-0.3, -0.25) is 19.9 Å². The van der Waals surface area contributed by atoms with Crippen molar-refractivity contribution in [3.8, 4) is 5.75 Å². The fourth-order valence-electron chi connectivity index (χ4n) is 2.32. The molecule has 1 aromatic heterocycles. The Morgan fingerprint density at radius 2 is 2.08 bits per heavy atom. The molecule has 8 heteroatoms. The fourth-order valence-corrected chi connectivity index (χ4v) is 2.37. The summed E-state index contributed by atoms with van der Waals surface area (Å²) in [4.78, 5) is 12.7. The minimum Gasteiger partial charge on any atom is -0.484 e. The van der Waals surface area contributed by atoms with Crippen molar-refractivity contribution in [3.63, 3.8) is 0 Å². The van der Waals surface area contributed by atoms with Crippen molar-refractivity contribution in [2.24, 2.45) is 5.73 Å². The number of hydrogen-bond acceptors (Lipinski definition) is 4. The van der Waals surface area contributed by atoms with Gasteiger partial charge in [-0.1, -0.05) is 37.3 Å². The molecule has 0 unspecified atom stereocenters. The number of thiocarbonyl (C=S) groups is 1. The maximum absolute atomic E-state index is 12.7. The van der Waals surface area contributed by atoms with E-state index in [1.165, 1.54) is 5.01 Å². The number of nitrogens with zero attached hydrogens (tertiary/aromatic N) is 3. The maximum atomic E-state index is 12.7. The van der Waals surface area contributed by atoms with Gasteiger partial charge in [-0.15, -0.1) is 0 Å². The van der Waals surface area contributed by atoms with Gasteiger partial charge < -0.3 is 10.5 Å². The molecule has 0 fully saturated rings. The third kappa shape index (κ3) is 4.69. The molecule has 0 saturated carbocycles. The lowest BCUT2D eigenvalue weighted by Gasteiger charge is -2.18. The SMILES string of the molecule is CCCn1nc(C)c(OCc2ccccc2)c1C(=O)NN(C)C(N)=S. The molecule has 2 aromatic rings. The lowest BCUT2D eigenvalue weighted by molar-refractivity contribution is 0.0871. The van der Waals surface area contributed by atoms with E-state index in [-0.39, 0.29) is 11.0 Å². The molecule has 0 atom stereocenters. The first-order chi connectivity index (χ1) is 11.9. The van der Waals surface area contributed by atoms with Crippen LogP contribution < -0.4 is 15.9 Å². The Balaban J connectivity index is 2.28. The summed E-state index contributed by atoms with van der Waals surface area (Å²) in [6.07, 6.45) is 0.838. The predicted octanol–water partition coefficient (Wildman–Crippen LogP) is 2.00. The number of carbonyl (C=O) groups excluding carboxylic acids is 1. The lowest BCUT2D eigenvalue weighted by Crippen LogP contribution is -2.46. The Labute approximate surface area is 152 Å². The molecule has 1 amide bonds. The van der Waals surface area contributed by atoms with Crippen LogP contribution in [0.25, 0.3) is 0 Å². The number of amides is 1. The summed E-state index contributed by atoms with van der Waals surface area (Å²) < 4.78 is 7.57. The van der Waals surface area contributed by atoms with Gasteiger partial charge >= 0.3 is 0 Å². The van der Waals surface area contributed by atoms with E-state index in [4.69, 9.17) is 22.7 Å². The van der Waals surface area contributed by atoms with E-state index in [0.717, 1.165) is 12.0 Å². The molecule has 25 heavy (non-hydrogen) atoms. The summed E-state index contributed by atoms with van der Waals surface area (Å²) in [6.45, 7) is 4.80. The normalized spacial score (nSPS) is 10.4. The van der Waals surface area contributed by atoms with E-state index in [0.29, 0.717) is 30.3 Å². The van der Waals surface area contributed by atoms with Gasteiger partial charge in [-0.2, -0.15) is 5.10 Å². The Kier molecular flexibility index (Phi) is 6.35. The molecule has 0 bridgehead atoms. The second-order valence-electron chi connectivity index (χ2n) is 5.60. The summed E-state index contributed by atoms with van der Waals surface area (Å²) in [5.74, 6) is 0.0959. The fraction of sp³-hybridized carbons (Fsp3) is 0.353. The largest absolute Gasteiger partial charge is 0.484 e. The molecule has 0 aliphatic rings. The van der Waals surface area contributed by atoms with Crippen molar-refractivity contribution < 1.29 is 9.53 Å². The van der Waals surface area contributed by atoms with Crippen LogP contribution in [0.15, 0.2) is 30.3 Å². The number of rotatable bonds is 6. The number of ether oxygens (including phenoxy) is 1. The first kappa shape index (κ1) is 18.7. The summed E-state index contributed by atoms with van der Waals surface area (Å²) in [7, 11) is 1.58. The topological polar surface area (TPSA) is 85.4 Å². The number of aromatic nitrogens is 2. The number of hydrogen-bond donors (Lipinski definition) is 2. The van der Waals surface area contributed by atoms with Gasteiger partial charge in [-0.05, 0) is 31.1 Å². The van der Waals surface area contributed by atoms with E-state index in [9.17, 15) is 4.79 Å². The van der Waals surface area contributed by atoms with E-state index >= 15 is 0 Å². The number of carbonyl (C=O) groups is 1. The highest BCUT2D eigenvalue weighted by Crippen LogP contribution is 2.25. The zero-order valence-electron chi connectivity index (χ0n) is 14.7. The highest BCUT2D eigenvalue weighted by molar-refractivity contribution is 7.80. The molecule has 0 aliphatic heterocycles. The van der Waals surface area contributed by atoms with Crippen LogP contribution >= 0.6 is 12.2 Å². The van der Waals surface area contributed by atoms with Crippen LogP contribution in [0.1, 0.15) is 35.1 Å². The van der Waals surface area contributed by atoms with Gasteiger partial charge in [0.05, 0.1) is 0 Å². The minimum atomic E-state index is -0.368. The maximum Gasteiger partial charge on any atom is 0.291 e. The highest BCUT2D eigenvalue weighted by atomic mass is 32.1. The molecule has 0 radical (unpaired) electrons. The Morgan fingerprint density at radius 3 is 2.68 bits per heavy atom. The zero-order valence-corrected chi connectivity index (χ0v) is 15.5. The molecule has 0 saturated heterocycles. The molecular weight excluding hydrogens is 338 g/mol. The second kappa shape index (κ2) is 8.48. The highest BCUT2D eigenvalue weighted by Gasteiger charge is 2.24. The van der Waals surface area contributed by atoms with Crippen molar-refractivity contribution in [2.45, 2.75) is 33.4 Å². The molecule has 134 valence electrons. The second-order valence-corrected chi connectivity index (χ2v) is 6.02. The first-order valence-electron chi connectivity index (χ1n) is 8.02. The molecule has 0 spiro atoms. The van der Waals surface area contributed by atoms with E-state index < -0.39 is 0 Å². The third-order valence-corrected chi connectivity index (χ3v) is 3.82. The molecule has 7 nitrogen and oxygen atoms in total. The summed E-state index contributed by atoms with van der Waals surface area (Å²) >= 11 is 4.86. The smallest absolute Gasteiger partial charge is 0.291 e. The van der Waals surface area contributed by atoms with Crippen LogP contribution in [0.4, 0.5) is 0 Å². The Hall–Kier alpha value is -2.61. The molecular formula is C17H23N5O2S. The van der Waals surface area contributed by atoms with Crippen molar-refractivity contribution in [1.82, 2.24) is 20.2 Å². The standard InChI is InChI=1S/C17H23N5O2S/c1-4-10-22-14(16(23)20-21(3)17(18)25)15(12(2)19-22)24-11-13-8-6-5-7-9-13/h5-9H,4,10-11H2,1-3H3,(H2,18,25)(H,20,23). The third-order valence-electron chi connectivity index (χ3n) is 3.55. The van der Waals surface area contributed by atoms with Crippen molar-refractivity contribution in [1.29, 1.82) is 0 Å². The monoisotopic (exact) mass is 361 g/mol. The van der Waals surface area contributed by atoms with Crippen molar-refractivity contribution in [3.05, 3.63) is 47.3 Å². The molecule has 0 aliphatic carbocycles. The van der Waals surface area contributed by atoms with Gasteiger partial charge in [0, 0.05) is 13.6 Å². The minimum absolute atomic E-state index is 0.0679. The van der Waals surface area contributed by atoms with E-state index in [1.807, 2.05) is 44.2 Å². The summed E-state index contributed by atoms with van der Waals surface area (Å²) in [6, 6.07) is 9.75. The quantitative estimate of drug-likeness (QED) is 0.605. The average Bonchev–Trinajstić information content (AvgIpc) is 2.89. The number of nitrogens with two attached hydrogens (primary N) is 1. The lowest BCUT2D eigenvalue weighted by atomic mass is 10.2. The van der Waals surface area contributed by atoms with Crippen LogP contribution in [0.3, 0.4) is 0 Å². The number of nitrogens with one attached hydrogen (secondary N) is 1. The van der Waals surface area contributed by atoms with Crippen LogP contribution in [0.5, 0.6) is 5.75 Å². The number of hydrazine groups is 1. The predicted molar refractivity (Wildman–Crippen MR) is 100 cm³/mol. The number of aryl methyl sites for hydroxylation is 2. The van der Waals surface area contributed by atoms with Crippen molar-refractivity contribution in [2.75, 3.05) is 7.05 Å². The van der Waals surface area contributed by atoms with Crippen molar-refractivity contribution >= 4 is 23.2 Å². The average molecular weight is 361 g/mol. The molecule has 1 heterocycles. The van der Waals surface area contributed by atoms with Gasteiger partial charge in [0.25, 0.3) is 5.91 Å². The summed E-state index contributed by atoms with van der Waals surface area (Å²) in [5, 5.41) is 5.79. The Bertz CT molecular complexity index is 745. The molecule has 1 aromatic carbocycles. The molecule has 3 N–H and O–H groups in total. The van der Waals surface area contributed by atoms with E-state index in [1.54, 1.807) is 11.7 Å². The van der Waals surface area contributed by atoms with E-state index in [2.05, 4.69) is 10.5 Å². The first-order valence-corrected chi connectivity index (χ1v) is 8.43. The van der Waals surface area contributed by atoms with Crippen LogP contribution in [0.2, 0.25) is 0 Å². The zero-order chi connectivity index (χ0) is 18.4.